The van der Waals surface area contributed by atoms with Gasteiger partial charge in [-0.1, -0.05) is 22.0 Å². The number of benzene rings is 1. The molecule has 1 aliphatic heterocycles. The van der Waals surface area contributed by atoms with Crippen LogP contribution in [0.3, 0.4) is 0 Å². The molecular weight excluding hydrogens is 332 g/mol. The molecule has 4 unspecified atom stereocenters. The Morgan fingerprint density at radius 1 is 1.43 bits per heavy atom. The second kappa shape index (κ2) is 5.97. The van der Waals surface area contributed by atoms with Crippen molar-refractivity contribution >= 4 is 21.8 Å². The lowest BCUT2D eigenvalue weighted by Gasteiger charge is -2.23. The number of fused-ring (bicyclic) bond motifs is 1. The molecule has 0 bridgehead atoms. The molecule has 21 heavy (non-hydrogen) atoms. The van der Waals surface area contributed by atoms with Crippen molar-refractivity contribution < 1.29 is 9.53 Å². The number of likely N-dealkylation sites (tertiary alicyclic amines) is 1. The van der Waals surface area contributed by atoms with Crippen molar-refractivity contribution in [2.75, 3.05) is 13.1 Å². The Bertz CT molecular complexity index is 537. The summed E-state index contributed by atoms with van der Waals surface area (Å²) in [6.07, 6.45) is 1.78. The number of nitrogens with zero attached hydrogens (tertiary/aromatic N) is 1. The summed E-state index contributed by atoms with van der Waals surface area (Å²) in [5, 5.41) is 0. The van der Waals surface area contributed by atoms with Gasteiger partial charge in [0.15, 0.2) is 6.10 Å². The molecule has 1 saturated heterocycles. The van der Waals surface area contributed by atoms with Crippen molar-refractivity contribution in [2.24, 2.45) is 17.6 Å². The third-order valence-electron chi connectivity index (χ3n) is 4.68. The summed E-state index contributed by atoms with van der Waals surface area (Å²) < 4.78 is 6.71. The molecule has 4 nitrogen and oxygen atoms in total. The fraction of sp³-hybridized carbons (Fsp3) is 0.562. The second-order valence-electron chi connectivity index (χ2n) is 6.13. The maximum Gasteiger partial charge on any atom is 0.263 e. The smallest absolute Gasteiger partial charge is 0.263 e. The molecule has 0 radical (unpaired) electrons. The van der Waals surface area contributed by atoms with Crippen LogP contribution in [0.25, 0.3) is 0 Å². The van der Waals surface area contributed by atoms with Crippen LogP contribution in [0, 0.1) is 11.8 Å². The fourth-order valence-corrected chi connectivity index (χ4v) is 3.92. The van der Waals surface area contributed by atoms with Gasteiger partial charge in [-0.2, -0.15) is 0 Å². The van der Waals surface area contributed by atoms with Crippen LogP contribution < -0.4 is 10.5 Å². The highest BCUT2D eigenvalue weighted by atomic mass is 79.9. The van der Waals surface area contributed by atoms with Gasteiger partial charge in [-0.3, -0.25) is 4.79 Å². The molecule has 2 fully saturated rings. The average molecular weight is 353 g/mol. The van der Waals surface area contributed by atoms with Gasteiger partial charge in [0.05, 0.1) is 0 Å². The maximum atomic E-state index is 12.5. The van der Waals surface area contributed by atoms with Gasteiger partial charge in [0.2, 0.25) is 0 Å². The first-order valence-electron chi connectivity index (χ1n) is 7.51. The van der Waals surface area contributed by atoms with E-state index < -0.39 is 6.10 Å². The minimum absolute atomic E-state index is 0.0663. The molecule has 5 heteroatoms. The predicted molar refractivity (Wildman–Crippen MR) is 85.0 cm³/mol. The highest BCUT2D eigenvalue weighted by Gasteiger charge is 2.43. The normalized spacial score (nSPS) is 29.3. The number of nitrogens with two attached hydrogens (primary N) is 1. The standard InChI is InChI=1S/C16H21BrN2O2/c1-10(21-13-4-2-3-12(17)7-13)16(20)19-8-11-5-6-15(18)14(11)9-19/h2-4,7,10-11,14-15H,5-6,8-9,18H2,1H3. The van der Waals surface area contributed by atoms with Gasteiger partial charge in [0, 0.05) is 23.6 Å². The number of carbonyl (C=O) groups is 1. The molecule has 1 amide bonds. The Morgan fingerprint density at radius 3 is 2.95 bits per heavy atom. The van der Waals surface area contributed by atoms with E-state index in [9.17, 15) is 4.79 Å². The van der Waals surface area contributed by atoms with Gasteiger partial charge < -0.3 is 15.4 Å². The van der Waals surface area contributed by atoms with Crippen LogP contribution in [-0.4, -0.2) is 36.0 Å². The van der Waals surface area contributed by atoms with E-state index in [4.69, 9.17) is 10.5 Å². The SMILES string of the molecule is CC(Oc1cccc(Br)c1)C(=O)N1CC2CCC(N)C2C1. The summed E-state index contributed by atoms with van der Waals surface area (Å²) in [5.41, 5.74) is 6.12. The summed E-state index contributed by atoms with van der Waals surface area (Å²) in [4.78, 5) is 14.4. The first-order valence-corrected chi connectivity index (χ1v) is 8.30. The lowest BCUT2D eigenvalue weighted by Crippen LogP contribution is -2.40. The minimum atomic E-state index is -0.464. The van der Waals surface area contributed by atoms with Gasteiger partial charge in [-0.25, -0.2) is 0 Å². The van der Waals surface area contributed by atoms with Crippen LogP contribution in [0.2, 0.25) is 0 Å². The van der Waals surface area contributed by atoms with Crippen molar-refractivity contribution in [3.63, 3.8) is 0 Å². The van der Waals surface area contributed by atoms with Crippen LogP contribution in [-0.2, 0) is 4.79 Å². The van der Waals surface area contributed by atoms with Crippen molar-refractivity contribution in [3.05, 3.63) is 28.7 Å². The predicted octanol–water partition coefficient (Wildman–Crippen LogP) is 2.41. The van der Waals surface area contributed by atoms with E-state index in [2.05, 4.69) is 15.9 Å². The topological polar surface area (TPSA) is 55.6 Å². The van der Waals surface area contributed by atoms with Crippen molar-refractivity contribution in [3.8, 4) is 5.75 Å². The zero-order chi connectivity index (χ0) is 15.0. The van der Waals surface area contributed by atoms with E-state index in [0.717, 1.165) is 30.4 Å². The highest BCUT2D eigenvalue weighted by molar-refractivity contribution is 9.10. The van der Waals surface area contributed by atoms with Crippen molar-refractivity contribution in [1.82, 2.24) is 4.90 Å². The number of hydrogen-bond acceptors (Lipinski definition) is 3. The molecule has 1 aromatic rings. The minimum Gasteiger partial charge on any atom is -0.481 e. The lowest BCUT2D eigenvalue weighted by atomic mass is 9.98. The number of amides is 1. The molecule has 2 N–H and O–H groups in total. The Balaban J connectivity index is 1.60. The zero-order valence-corrected chi connectivity index (χ0v) is 13.8. The molecule has 114 valence electrons. The number of rotatable bonds is 3. The first kappa shape index (κ1) is 14.9. The summed E-state index contributed by atoms with van der Waals surface area (Å²) in [7, 11) is 0. The van der Waals surface area contributed by atoms with E-state index >= 15 is 0 Å². The molecule has 1 heterocycles. The van der Waals surface area contributed by atoms with E-state index in [0.29, 0.717) is 17.6 Å². The Kier molecular flexibility index (Phi) is 4.22. The van der Waals surface area contributed by atoms with E-state index in [-0.39, 0.29) is 11.9 Å². The number of carbonyl (C=O) groups excluding carboxylic acids is 1. The molecule has 4 atom stereocenters. The third kappa shape index (κ3) is 3.09. The van der Waals surface area contributed by atoms with Gasteiger partial charge >= 0.3 is 0 Å². The number of hydrogen-bond donors (Lipinski definition) is 1. The lowest BCUT2D eigenvalue weighted by molar-refractivity contribution is -0.137. The van der Waals surface area contributed by atoms with E-state index in [1.807, 2.05) is 36.1 Å². The molecule has 1 aromatic carbocycles. The maximum absolute atomic E-state index is 12.5. The average Bonchev–Trinajstić information content (AvgIpc) is 3.00. The zero-order valence-electron chi connectivity index (χ0n) is 12.2. The highest BCUT2D eigenvalue weighted by Crippen LogP contribution is 2.37. The third-order valence-corrected chi connectivity index (χ3v) is 5.17. The first-order chi connectivity index (χ1) is 10.0. The van der Waals surface area contributed by atoms with Gasteiger partial charge in [-0.15, -0.1) is 0 Å². The summed E-state index contributed by atoms with van der Waals surface area (Å²) in [5.74, 6) is 1.84. The summed E-state index contributed by atoms with van der Waals surface area (Å²) in [6, 6.07) is 7.83. The van der Waals surface area contributed by atoms with E-state index in [1.54, 1.807) is 0 Å². The van der Waals surface area contributed by atoms with Gasteiger partial charge in [0.25, 0.3) is 5.91 Å². The van der Waals surface area contributed by atoms with Crippen molar-refractivity contribution in [1.29, 1.82) is 0 Å². The largest absolute Gasteiger partial charge is 0.481 e. The van der Waals surface area contributed by atoms with E-state index in [1.165, 1.54) is 0 Å². The summed E-state index contributed by atoms with van der Waals surface area (Å²) in [6.45, 7) is 3.44. The molecule has 3 rings (SSSR count). The van der Waals surface area contributed by atoms with Crippen LogP contribution in [0.5, 0.6) is 5.75 Å². The molecule has 1 saturated carbocycles. The number of halogens is 1. The van der Waals surface area contributed by atoms with Crippen molar-refractivity contribution in [2.45, 2.75) is 31.9 Å². The molecule has 2 aliphatic rings. The fourth-order valence-electron chi connectivity index (χ4n) is 3.54. The molecule has 0 aromatic heterocycles. The monoisotopic (exact) mass is 352 g/mol. The Morgan fingerprint density at radius 2 is 2.24 bits per heavy atom. The Hall–Kier alpha value is -1.07. The van der Waals surface area contributed by atoms with Crippen LogP contribution in [0.4, 0.5) is 0 Å². The van der Waals surface area contributed by atoms with Gasteiger partial charge in [0.1, 0.15) is 5.75 Å². The molecule has 1 aliphatic carbocycles. The quantitative estimate of drug-likeness (QED) is 0.908. The van der Waals surface area contributed by atoms with Crippen LogP contribution in [0.1, 0.15) is 19.8 Å². The van der Waals surface area contributed by atoms with Crippen LogP contribution >= 0.6 is 15.9 Å². The second-order valence-corrected chi connectivity index (χ2v) is 7.04. The van der Waals surface area contributed by atoms with Crippen LogP contribution in [0.15, 0.2) is 28.7 Å². The molecule has 0 spiro atoms. The Labute approximate surface area is 133 Å². The number of ether oxygens (including phenoxy) is 1. The molecular formula is C16H21BrN2O2. The van der Waals surface area contributed by atoms with Gasteiger partial charge in [-0.05, 0) is 49.8 Å². The summed E-state index contributed by atoms with van der Waals surface area (Å²) >= 11 is 3.41.